The first-order valence-corrected chi connectivity index (χ1v) is 10.3. The Labute approximate surface area is 170 Å². The summed E-state index contributed by atoms with van der Waals surface area (Å²) in [5, 5.41) is 0. The van der Waals surface area contributed by atoms with E-state index in [1.807, 2.05) is 12.1 Å². The van der Waals surface area contributed by atoms with Crippen LogP contribution in [0.3, 0.4) is 0 Å². The minimum atomic E-state index is -3.69. The molecule has 0 radical (unpaired) electrons. The maximum Gasteiger partial charge on any atom is 0.343 e. The number of hydrogen-bond acceptors (Lipinski definition) is 7. The van der Waals surface area contributed by atoms with Gasteiger partial charge >= 0.3 is 5.97 Å². The lowest BCUT2D eigenvalue weighted by molar-refractivity contribution is -0.142. The number of carbonyl (C=O) groups is 1. The van der Waals surface area contributed by atoms with Crippen molar-refractivity contribution in [3.05, 3.63) is 47.5 Å². The molecule has 0 atom stereocenters. The van der Waals surface area contributed by atoms with Gasteiger partial charge in [-0.3, -0.25) is 0 Å². The number of carbonyl (C=O) groups excluding carboxylic acids is 1. The Bertz CT molecular complexity index is 957. The predicted molar refractivity (Wildman–Crippen MR) is 107 cm³/mol. The van der Waals surface area contributed by atoms with Crippen molar-refractivity contribution in [1.82, 2.24) is 4.72 Å². The van der Waals surface area contributed by atoms with E-state index < -0.39 is 16.0 Å². The Kier molecular flexibility index (Phi) is 7.86. The van der Waals surface area contributed by atoms with Gasteiger partial charge in [-0.2, -0.15) is 0 Å². The van der Waals surface area contributed by atoms with Gasteiger partial charge in [-0.05, 0) is 54.8 Å². The van der Waals surface area contributed by atoms with Crippen molar-refractivity contribution in [2.45, 2.75) is 18.2 Å². The Morgan fingerprint density at radius 2 is 1.66 bits per heavy atom. The Hall–Kier alpha value is -2.78. The summed E-state index contributed by atoms with van der Waals surface area (Å²) in [6.45, 7) is 1.68. The number of methoxy groups -OCH3 is 3. The molecule has 0 saturated carbocycles. The zero-order chi connectivity index (χ0) is 21.4. The van der Waals surface area contributed by atoms with Crippen LogP contribution in [0.5, 0.6) is 17.2 Å². The van der Waals surface area contributed by atoms with Crippen LogP contribution in [0.2, 0.25) is 0 Å². The lowest BCUT2D eigenvalue weighted by Gasteiger charge is -2.12. The van der Waals surface area contributed by atoms with E-state index >= 15 is 0 Å². The highest BCUT2D eigenvalue weighted by molar-refractivity contribution is 7.89. The van der Waals surface area contributed by atoms with Crippen LogP contribution in [0.1, 0.15) is 11.1 Å². The van der Waals surface area contributed by atoms with Gasteiger partial charge in [-0.15, -0.1) is 0 Å². The molecule has 0 heterocycles. The summed E-state index contributed by atoms with van der Waals surface area (Å²) in [4.78, 5) is 11.3. The third-order valence-electron chi connectivity index (χ3n) is 4.18. The molecular weight excluding hydrogens is 398 g/mol. The van der Waals surface area contributed by atoms with Gasteiger partial charge in [0.1, 0.15) is 5.75 Å². The number of sulfonamides is 1. The average Bonchev–Trinajstić information content (AvgIpc) is 2.72. The third kappa shape index (κ3) is 6.10. The molecule has 0 saturated heterocycles. The summed E-state index contributed by atoms with van der Waals surface area (Å²) in [7, 11) is 0.680. The van der Waals surface area contributed by atoms with E-state index in [-0.39, 0.29) is 18.0 Å². The zero-order valence-electron chi connectivity index (χ0n) is 16.9. The normalized spacial score (nSPS) is 11.0. The van der Waals surface area contributed by atoms with E-state index in [0.29, 0.717) is 29.2 Å². The maximum atomic E-state index is 12.6. The fourth-order valence-corrected chi connectivity index (χ4v) is 3.71. The molecule has 0 aliphatic carbocycles. The smallest absolute Gasteiger partial charge is 0.343 e. The van der Waals surface area contributed by atoms with E-state index in [4.69, 9.17) is 14.2 Å². The van der Waals surface area contributed by atoms with Crippen molar-refractivity contribution in [3.8, 4) is 17.2 Å². The largest absolute Gasteiger partial charge is 0.493 e. The highest BCUT2D eigenvalue weighted by atomic mass is 32.2. The van der Waals surface area contributed by atoms with Crippen molar-refractivity contribution in [3.63, 3.8) is 0 Å². The number of nitrogens with one attached hydrogen (secondary N) is 1. The summed E-state index contributed by atoms with van der Waals surface area (Å²) < 4.78 is 48.0. The van der Waals surface area contributed by atoms with Crippen molar-refractivity contribution in [1.29, 1.82) is 0 Å². The fourth-order valence-electron chi connectivity index (χ4n) is 2.60. The summed E-state index contributed by atoms with van der Waals surface area (Å²) in [5.74, 6) is 1.10. The van der Waals surface area contributed by atoms with Crippen LogP contribution in [0.4, 0.5) is 0 Å². The van der Waals surface area contributed by atoms with Gasteiger partial charge < -0.3 is 18.9 Å². The van der Waals surface area contributed by atoms with Crippen LogP contribution in [0.25, 0.3) is 0 Å². The first kappa shape index (κ1) is 22.5. The van der Waals surface area contributed by atoms with Crippen LogP contribution >= 0.6 is 0 Å². The molecule has 29 heavy (non-hydrogen) atoms. The second-order valence-electron chi connectivity index (χ2n) is 6.13. The molecule has 2 aromatic carbocycles. The van der Waals surface area contributed by atoms with E-state index in [2.05, 4.69) is 9.46 Å². The van der Waals surface area contributed by atoms with Gasteiger partial charge in [-0.25, -0.2) is 17.9 Å². The van der Waals surface area contributed by atoms with E-state index in [9.17, 15) is 13.2 Å². The second-order valence-corrected chi connectivity index (χ2v) is 7.90. The lowest BCUT2D eigenvalue weighted by atomic mass is 10.1. The van der Waals surface area contributed by atoms with E-state index in [0.717, 1.165) is 5.56 Å². The molecule has 2 aromatic rings. The van der Waals surface area contributed by atoms with Crippen LogP contribution < -0.4 is 18.9 Å². The molecule has 0 aromatic heterocycles. The van der Waals surface area contributed by atoms with E-state index in [1.165, 1.54) is 25.3 Å². The molecule has 0 bridgehead atoms. The monoisotopic (exact) mass is 423 g/mol. The summed E-state index contributed by atoms with van der Waals surface area (Å²) in [6.07, 6.45) is 0.485. The summed E-state index contributed by atoms with van der Waals surface area (Å²) in [6, 6.07) is 9.88. The fraction of sp³-hybridized carbons (Fsp3) is 0.350. The predicted octanol–water partition coefficient (Wildman–Crippen LogP) is 2.09. The first-order chi connectivity index (χ1) is 13.8. The standard InChI is InChI=1S/C20H25NO7S/c1-14-11-16(6-8-17(14)28-13-20(22)27-4)29(23,24)21-10-9-15-5-7-18(25-2)19(12-15)26-3/h5-8,11-12,21H,9-10,13H2,1-4H3. The molecule has 1 N–H and O–H groups in total. The first-order valence-electron chi connectivity index (χ1n) is 8.81. The van der Waals surface area contributed by atoms with Gasteiger partial charge in [0.25, 0.3) is 0 Å². The van der Waals surface area contributed by atoms with Crippen molar-refractivity contribution < 1.29 is 32.2 Å². The SMILES string of the molecule is COC(=O)COc1ccc(S(=O)(=O)NCCc2ccc(OC)c(OC)c2)cc1C. The second kappa shape index (κ2) is 10.1. The zero-order valence-corrected chi connectivity index (χ0v) is 17.7. The summed E-state index contributed by atoms with van der Waals surface area (Å²) in [5.41, 5.74) is 1.50. The number of benzene rings is 2. The molecule has 2 rings (SSSR count). The van der Waals surface area contributed by atoms with Gasteiger partial charge in [0.15, 0.2) is 18.1 Å². The van der Waals surface area contributed by atoms with Gasteiger partial charge in [0.2, 0.25) is 10.0 Å². The minimum absolute atomic E-state index is 0.118. The maximum absolute atomic E-state index is 12.6. The van der Waals surface area contributed by atoms with Crippen LogP contribution in [-0.4, -0.2) is 48.9 Å². The van der Waals surface area contributed by atoms with Crippen LogP contribution in [0, 0.1) is 6.92 Å². The Balaban J connectivity index is 2.00. The molecular formula is C20H25NO7S. The van der Waals surface area contributed by atoms with Crippen molar-refractivity contribution >= 4 is 16.0 Å². The van der Waals surface area contributed by atoms with Gasteiger partial charge in [0.05, 0.1) is 26.2 Å². The lowest BCUT2D eigenvalue weighted by Crippen LogP contribution is -2.26. The molecule has 0 fully saturated rings. The number of hydrogen-bond donors (Lipinski definition) is 1. The highest BCUT2D eigenvalue weighted by Crippen LogP contribution is 2.27. The van der Waals surface area contributed by atoms with Gasteiger partial charge in [0, 0.05) is 6.54 Å². The molecule has 0 aliphatic heterocycles. The Morgan fingerprint density at radius 1 is 0.966 bits per heavy atom. The molecule has 0 spiro atoms. The average molecular weight is 423 g/mol. The molecule has 9 heteroatoms. The number of rotatable bonds is 10. The minimum Gasteiger partial charge on any atom is -0.493 e. The van der Waals surface area contributed by atoms with Crippen LogP contribution in [-0.2, 0) is 26.0 Å². The number of esters is 1. The topological polar surface area (TPSA) is 100 Å². The van der Waals surface area contributed by atoms with E-state index in [1.54, 1.807) is 27.2 Å². The quantitative estimate of drug-likeness (QED) is 0.584. The molecule has 0 unspecified atom stereocenters. The van der Waals surface area contributed by atoms with Crippen LogP contribution in [0.15, 0.2) is 41.3 Å². The van der Waals surface area contributed by atoms with Crippen molar-refractivity contribution in [2.24, 2.45) is 0 Å². The summed E-state index contributed by atoms with van der Waals surface area (Å²) >= 11 is 0. The molecule has 0 amide bonds. The van der Waals surface area contributed by atoms with Gasteiger partial charge in [-0.1, -0.05) is 6.07 Å². The molecule has 0 aliphatic rings. The molecule has 158 valence electrons. The Morgan fingerprint density at radius 3 is 2.28 bits per heavy atom. The third-order valence-corrected chi connectivity index (χ3v) is 5.64. The highest BCUT2D eigenvalue weighted by Gasteiger charge is 2.16. The number of aryl methyl sites for hydroxylation is 1. The van der Waals surface area contributed by atoms with Crippen molar-refractivity contribution in [2.75, 3.05) is 34.5 Å². The number of ether oxygens (including phenoxy) is 4. The molecule has 8 nitrogen and oxygen atoms in total.